The molecular formula is C29H33N5O. The van der Waals surface area contributed by atoms with E-state index in [9.17, 15) is 4.79 Å². The maximum Gasteiger partial charge on any atom is 0.253 e. The van der Waals surface area contributed by atoms with Gasteiger partial charge in [-0.1, -0.05) is 30.3 Å². The van der Waals surface area contributed by atoms with Crippen LogP contribution in [0.1, 0.15) is 41.7 Å². The van der Waals surface area contributed by atoms with E-state index in [1.54, 1.807) is 19.0 Å². The molecule has 35 heavy (non-hydrogen) atoms. The summed E-state index contributed by atoms with van der Waals surface area (Å²) in [5.41, 5.74) is 4.17. The number of hydrogen-bond donors (Lipinski definition) is 1. The second-order valence-corrected chi connectivity index (χ2v) is 9.61. The van der Waals surface area contributed by atoms with Crippen LogP contribution in [0.5, 0.6) is 0 Å². The van der Waals surface area contributed by atoms with Gasteiger partial charge in [0.05, 0.1) is 17.4 Å². The number of rotatable bonds is 6. The molecule has 2 aromatic heterocycles. The number of carbonyl (C=O) groups excluding carboxylic acids is 1. The number of piperidine rings is 1. The summed E-state index contributed by atoms with van der Waals surface area (Å²) in [4.78, 5) is 21.2. The molecule has 5 rings (SSSR count). The Morgan fingerprint density at radius 1 is 1.03 bits per heavy atom. The molecule has 1 aliphatic heterocycles. The van der Waals surface area contributed by atoms with Gasteiger partial charge in [0.1, 0.15) is 5.82 Å². The van der Waals surface area contributed by atoms with Crippen LogP contribution in [-0.4, -0.2) is 58.5 Å². The number of benzene rings is 2. The molecule has 4 aromatic rings. The first kappa shape index (κ1) is 23.1. The van der Waals surface area contributed by atoms with Gasteiger partial charge in [-0.3, -0.25) is 9.69 Å². The van der Waals surface area contributed by atoms with Gasteiger partial charge in [0.2, 0.25) is 0 Å². The third kappa shape index (κ3) is 4.93. The van der Waals surface area contributed by atoms with Crippen molar-refractivity contribution in [3.8, 4) is 5.82 Å². The van der Waals surface area contributed by atoms with Crippen LogP contribution in [0.15, 0.2) is 79.1 Å². The summed E-state index contributed by atoms with van der Waals surface area (Å²) < 4.78 is 2.06. The highest BCUT2D eigenvalue weighted by Crippen LogP contribution is 2.26. The average Bonchev–Trinajstić information content (AvgIpc) is 3.32. The van der Waals surface area contributed by atoms with E-state index in [-0.39, 0.29) is 5.91 Å². The molecule has 2 aromatic carbocycles. The van der Waals surface area contributed by atoms with Crippen molar-refractivity contribution in [2.45, 2.75) is 31.8 Å². The number of likely N-dealkylation sites (tertiary alicyclic amines) is 1. The summed E-state index contributed by atoms with van der Waals surface area (Å²) in [6, 6.07) is 23.7. The number of aromatic nitrogens is 2. The first-order valence-corrected chi connectivity index (χ1v) is 12.3. The number of nitrogens with one attached hydrogen (secondary N) is 1. The van der Waals surface area contributed by atoms with Crippen molar-refractivity contribution in [3.63, 3.8) is 0 Å². The van der Waals surface area contributed by atoms with Gasteiger partial charge < -0.3 is 14.8 Å². The molecule has 0 radical (unpaired) electrons. The largest absolute Gasteiger partial charge is 0.381 e. The number of carbonyl (C=O) groups is 1. The number of hydrogen-bond acceptors (Lipinski definition) is 4. The molecule has 6 nitrogen and oxygen atoms in total. The van der Waals surface area contributed by atoms with E-state index in [4.69, 9.17) is 4.98 Å². The number of anilines is 1. The zero-order chi connectivity index (χ0) is 24.4. The second kappa shape index (κ2) is 9.92. The van der Waals surface area contributed by atoms with Gasteiger partial charge in [-0.2, -0.15) is 0 Å². The molecule has 3 heterocycles. The number of pyridine rings is 1. The fourth-order valence-corrected chi connectivity index (χ4v) is 4.96. The van der Waals surface area contributed by atoms with E-state index in [0.717, 1.165) is 48.3 Å². The second-order valence-electron chi connectivity index (χ2n) is 9.61. The van der Waals surface area contributed by atoms with Crippen molar-refractivity contribution >= 4 is 22.5 Å². The van der Waals surface area contributed by atoms with Crippen LogP contribution >= 0.6 is 0 Å². The van der Waals surface area contributed by atoms with Gasteiger partial charge in [-0.15, -0.1) is 0 Å². The Morgan fingerprint density at radius 3 is 2.49 bits per heavy atom. The van der Waals surface area contributed by atoms with Gasteiger partial charge >= 0.3 is 0 Å². The minimum atomic E-state index is 0.00792. The molecule has 1 saturated heterocycles. The zero-order valence-corrected chi connectivity index (χ0v) is 20.7. The molecule has 1 amide bonds. The molecule has 1 aliphatic rings. The Labute approximate surface area is 207 Å². The molecule has 0 saturated carbocycles. The molecule has 0 bridgehead atoms. The van der Waals surface area contributed by atoms with Crippen molar-refractivity contribution < 1.29 is 4.79 Å². The van der Waals surface area contributed by atoms with Gasteiger partial charge in [0.25, 0.3) is 5.91 Å². The highest BCUT2D eigenvalue weighted by molar-refractivity contribution is 5.98. The summed E-state index contributed by atoms with van der Waals surface area (Å²) in [5.74, 6) is 0.873. The minimum absolute atomic E-state index is 0.00792. The SMILES string of the molecule is CC(c1ccccc1)N1CCC(Nc2ccc(-n3ccc4cc(C(=O)N(C)C)ccc43)nc2)CC1. The molecule has 0 aliphatic carbocycles. The fraction of sp³-hybridized carbons (Fsp3) is 0.310. The topological polar surface area (TPSA) is 53.4 Å². The first-order chi connectivity index (χ1) is 17.0. The van der Waals surface area contributed by atoms with E-state index in [1.165, 1.54) is 5.56 Å². The quantitative estimate of drug-likeness (QED) is 0.415. The van der Waals surface area contributed by atoms with Gasteiger partial charge in [0, 0.05) is 56.4 Å². The highest BCUT2D eigenvalue weighted by atomic mass is 16.2. The normalized spacial score (nSPS) is 15.7. The predicted molar refractivity (Wildman–Crippen MR) is 142 cm³/mol. The lowest BCUT2D eigenvalue weighted by Crippen LogP contribution is -2.40. The van der Waals surface area contributed by atoms with Crippen LogP contribution in [0.2, 0.25) is 0 Å². The van der Waals surface area contributed by atoms with Gasteiger partial charge in [-0.25, -0.2) is 4.98 Å². The van der Waals surface area contributed by atoms with Crippen LogP contribution in [0.3, 0.4) is 0 Å². The van der Waals surface area contributed by atoms with Crippen molar-refractivity contribution in [2.75, 3.05) is 32.5 Å². The zero-order valence-electron chi connectivity index (χ0n) is 20.7. The number of fused-ring (bicyclic) bond motifs is 1. The Hall–Kier alpha value is -3.64. The fourth-order valence-electron chi connectivity index (χ4n) is 4.96. The van der Waals surface area contributed by atoms with Crippen molar-refractivity contribution in [3.05, 3.63) is 90.3 Å². The third-order valence-electron chi connectivity index (χ3n) is 7.07. The molecule has 1 atom stereocenters. The Kier molecular flexibility index (Phi) is 6.55. The van der Waals surface area contributed by atoms with Crippen LogP contribution < -0.4 is 5.32 Å². The monoisotopic (exact) mass is 467 g/mol. The lowest BCUT2D eigenvalue weighted by atomic mass is 10.00. The lowest BCUT2D eigenvalue weighted by Gasteiger charge is -2.36. The summed E-state index contributed by atoms with van der Waals surface area (Å²) in [7, 11) is 3.54. The summed E-state index contributed by atoms with van der Waals surface area (Å²) in [6.07, 6.45) is 6.17. The van der Waals surface area contributed by atoms with E-state index < -0.39 is 0 Å². The molecule has 1 unspecified atom stereocenters. The molecule has 180 valence electrons. The summed E-state index contributed by atoms with van der Waals surface area (Å²) in [6.45, 7) is 4.48. The third-order valence-corrected chi connectivity index (χ3v) is 7.07. The van der Waals surface area contributed by atoms with Crippen LogP contribution in [0.4, 0.5) is 5.69 Å². The van der Waals surface area contributed by atoms with E-state index in [1.807, 2.05) is 42.7 Å². The van der Waals surface area contributed by atoms with Gasteiger partial charge in [-0.05, 0) is 61.7 Å². The standard InChI is InChI=1S/C29H33N5O/c1-21(22-7-5-4-6-8-22)33-16-14-25(15-17-33)31-26-10-12-28(30-20-26)34-18-13-23-19-24(9-11-27(23)34)29(35)32(2)3/h4-13,18-21,25,31H,14-17H2,1-3H3. The van der Waals surface area contributed by atoms with E-state index in [2.05, 4.69) is 58.1 Å². The lowest BCUT2D eigenvalue weighted by molar-refractivity contribution is 0.0828. The number of amides is 1. The minimum Gasteiger partial charge on any atom is -0.381 e. The van der Waals surface area contributed by atoms with Crippen LogP contribution in [-0.2, 0) is 0 Å². The maximum absolute atomic E-state index is 12.3. The van der Waals surface area contributed by atoms with E-state index in [0.29, 0.717) is 17.6 Å². The van der Waals surface area contributed by atoms with E-state index >= 15 is 0 Å². The molecular weight excluding hydrogens is 434 g/mol. The number of nitrogens with zero attached hydrogens (tertiary/aromatic N) is 4. The first-order valence-electron chi connectivity index (χ1n) is 12.3. The summed E-state index contributed by atoms with van der Waals surface area (Å²) >= 11 is 0. The smallest absolute Gasteiger partial charge is 0.253 e. The van der Waals surface area contributed by atoms with Crippen molar-refractivity contribution in [2.24, 2.45) is 0 Å². The van der Waals surface area contributed by atoms with Crippen LogP contribution in [0.25, 0.3) is 16.7 Å². The highest BCUT2D eigenvalue weighted by Gasteiger charge is 2.23. The van der Waals surface area contributed by atoms with Crippen molar-refractivity contribution in [1.29, 1.82) is 0 Å². The molecule has 6 heteroatoms. The van der Waals surface area contributed by atoms with Gasteiger partial charge in [0.15, 0.2) is 0 Å². The predicted octanol–water partition coefficient (Wildman–Crippen LogP) is 5.36. The van der Waals surface area contributed by atoms with Crippen LogP contribution in [0, 0.1) is 0 Å². The molecule has 0 spiro atoms. The maximum atomic E-state index is 12.3. The van der Waals surface area contributed by atoms with Crippen molar-refractivity contribution in [1.82, 2.24) is 19.4 Å². The summed E-state index contributed by atoms with van der Waals surface area (Å²) in [5, 5.41) is 4.71. The average molecular weight is 468 g/mol. The Morgan fingerprint density at radius 2 is 1.80 bits per heavy atom. The Balaban J connectivity index is 1.21. The molecule has 1 fully saturated rings. The molecule has 1 N–H and O–H groups in total. The Bertz CT molecular complexity index is 1290.